The van der Waals surface area contributed by atoms with Gasteiger partial charge >= 0.3 is 0 Å². The monoisotopic (exact) mass is 332 g/mol. The van der Waals surface area contributed by atoms with Crippen molar-refractivity contribution in [2.24, 2.45) is 0 Å². The zero-order valence-corrected chi connectivity index (χ0v) is 14.2. The Morgan fingerprint density at radius 3 is 2.48 bits per heavy atom. The van der Waals surface area contributed by atoms with Crippen molar-refractivity contribution in [3.63, 3.8) is 0 Å². The van der Waals surface area contributed by atoms with Crippen molar-refractivity contribution in [1.29, 1.82) is 0 Å². The molecule has 0 radical (unpaired) electrons. The van der Waals surface area contributed by atoms with Gasteiger partial charge in [-0.15, -0.1) is 11.8 Å². The number of thioether (sulfide) groups is 1. The molecule has 1 atom stereocenters. The van der Waals surface area contributed by atoms with Gasteiger partial charge in [0.2, 0.25) is 5.91 Å². The number of carbonyl (C=O) groups excluding carboxylic acids is 2. The van der Waals surface area contributed by atoms with Crippen molar-refractivity contribution in [3.05, 3.63) is 53.5 Å². The van der Waals surface area contributed by atoms with Crippen LogP contribution in [0, 0.1) is 6.92 Å². The molecule has 0 saturated heterocycles. The molecule has 0 fully saturated rings. The summed E-state index contributed by atoms with van der Waals surface area (Å²) in [5.74, 6) is -0.0190. The first kappa shape index (κ1) is 17.1. The Labute approximate surface area is 139 Å². The van der Waals surface area contributed by atoms with Crippen LogP contribution in [0.1, 0.15) is 34.6 Å². The second kappa shape index (κ2) is 7.87. The standard InChI is InChI=1S/C17H20N2O3S/c1-11(13-4-6-14(23-3)7-5-13)19-16(20)10-18-17(21)15-8-9-22-12(15)2/h4-9,11H,10H2,1-3H3,(H,18,21)(H,19,20)/t11-/m0/s1. The van der Waals surface area contributed by atoms with Crippen molar-refractivity contribution in [1.82, 2.24) is 10.6 Å². The van der Waals surface area contributed by atoms with Crippen LogP contribution in [0.5, 0.6) is 0 Å². The molecular weight excluding hydrogens is 312 g/mol. The molecule has 1 aromatic carbocycles. The van der Waals surface area contributed by atoms with Crippen LogP contribution in [-0.4, -0.2) is 24.6 Å². The Balaban J connectivity index is 1.84. The minimum absolute atomic E-state index is 0.0727. The molecular formula is C17H20N2O3S. The molecule has 2 rings (SSSR count). The molecule has 0 bridgehead atoms. The lowest BCUT2D eigenvalue weighted by Gasteiger charge is -2.15. The van der Waals surface area contributed by atoms with Crippen LogP contribution in [0.4, 0.5) is 0 Å². The molecule has 2 aromatic rings. The van der Waals surface area contributed by atoms with Crippen molar-refractivity contribution in [2.45, 2.75) is 24.8 Å². The van der Waals surface area contributed by atoms with Crippen LogP contribution in [0.3, 0.4) is 0 Å². The van der Waals surface area contributed by atoms with E-state index in [2.05, 4.69) is 10.6 Å². The van der Waals surface area contributed by atoms with Gasteiger partial charge in [0.25, 0.3) is 5.91 Å². The first-order valence-electron chi connectivity index (χ1n) is 7.27. The van der Waals surface area contributed by atoms with Gasteiger partial charge in [-0.1, -0.05) is 12.1 Å². The third-order valence-electron chi connectivity index (χ3n) is 3.51. The lowest BCUT2D eigenvalue weighted by atomic mass is 10.1. The van der Waals surface area contributed by atoms with Gasteiger partial charge in [0.1, 0.15) is 5.76 Å². The molecule has 2 amide bonds. The van der Waals surface area contributed by atoms with Crippen LogP contribution < -0.4 is 10.6 Å². The van der Waals surface area contributed by atoms with Gasteiger partial charge in [0.05, 0.1) is 24.4 Å². The summed E-state index contributed by atoms with van der Waals surface area (Å²) < 4.78 is 5.07. The van der Waals surface area contributed by atoms with E-state index in [-0.39, 0.29) is 24.4 Å². The topological polar surface area (TPSA) is 71.3 Å². The van der Waals surface area contributed by atoms with Gasteiger partial charge in [-0.25, -0.2) is 0 Å². The van der Waals surface area contributed by atoms with E-state index in [1.807, 2.05) is 37.4 Å². The van der Waals surface area contributed by atoms with E-state index in [1.54, 1.807) is 24.8 Å². The number of hydrogen-bond acceptors (Lipinski definition) is 4. The van der Waals surface area contributed by atoms with Crippen molar-refractivity contribution >= 4 is 23.6 Å². The zero-order valence-electron chi connectivity index (χ0n) is 13.4. The first-order valence-corrected chi connectivity index (χ1v) is 8.49. The summed E-state index contributed by atoms with van der Waals surface area (Å²) in [5.41, 5.74) is 1.46. The van der Waals surface area contributed by atoms with Gasteiger partial charge in [-0.2, -0.15) is 0 Å². The molecule has 5 nitrogen and oxygen atoms in total. The number of furan rings is 1. The molecule has 6 heteroatoms. The third-order valence-corrected chi connectivity index (χ3v) is 4.25. The maximum atomic E-state index is 12.0. The van der Waals surface area contributed by atoms with Crippen LogP contribution in [0.2, 0.25) is 0 Å². The first-order chi connectivity index (χ1) is 11.0. The summed E-state index contributed by atoms with van der Waals surface area (Å²) in [5, 5.41) is 5.45. The predicted molar refractivity (Wildman–Crippen MR) is 90.6 cm³/mol. The number of nitrogens with one attached hydrogen (secondary N) is 2. The van der Waals surface area contributed by atoms with Crippen LogP contribution >= 0.6 is 11.8 Å². The number of benzene rings is 1. The number of rotatable bonds is 6. The quantitative estimate of drug-likeness (QED) is 0.798. The van der Waals surface area contributed by atoms with E-state index in [1.165, 1.54) is 11.2 Å². The minimum Gasteiger partial charge on any atom is -0.469 e. The summed E-state index contributed by atoms with van der Waals surface area (Å²) >= 11 is 1.67. The van der Waals surface area contributed by atoms with E-state index in [4.69, 9.17) is 4.42 Å². The highest BCUT2D eigenvalue weighted by molar-refractivity contribution is 7.98. The molecule has 0 spiro atoms. The Bertz CT molecular complexity index is 679. The second-order valence-electron chi connectivity index (χ2n) is 5.14. The van der Waals surface area contributed by atoms with Gasteiger partial charge in [0.15, 0.2) is 0 Å². The zero-order chi connectivity index (χ0) is 16.8. The second-order valence-corrected chi connectivity index (χ2v) is 6.02. The third kappa shape index (κ3) is 4.63. The maximum Gasteiger partial charge on any atom is 0.255 e. The molecule has 0 aliphatic rings. The number of aryl methyl sites for hydroxylation is 1. The van der Waals surface area contributed by atoms with Crippen molar-refractivity contribution < 1.29 is 14.0 Å². The fraction of sp³-hybridized carbons (Fsp3) is 0.294. The molecule has 0 aliphatic carbocycles. The normalized spacial score (nSPS) is 11.8. The lowest BCUT2D eigenvalue weighted by molar-refractivity contribution is -0.120. The van der Waals surface area contributed by atoms with Crippen molar-refractivity contribution in [2.75, 3.05) is 12.8 Å². The summed E-state index contributed by atoms with van der Waals surface area (Å²) in [6, 6.07) is 9.48. The average Bonchev–Trinajstić information content (AvgIpc) is 2.98. The Hall–Kier alpha value is -2.21. The molecule has 0 saturated carbocycles. The highest BCUT2D eigenvalue weighted by Gasteiger charge is 2.14. The SMILES string of the molecule is CSc1ccc([C@H](C)NC(=O)CNC(=O)c2ccoc2C)cc1. The number of amides is 2. The van der Waals surface area contributed by atoms with Gasteiger partial charge in [0, 0.05) is 4.90 Å². The average molecular weight is 332 g/mol. The van der Waals surface area contributed by atoms with E-state index >= 15 is 0 Å². The molecule has 1 heterocycles. The summed E-state index contributed by atoms with van der Waals surface area (Å²) in [7, 11) is 0. The van der Waals surface area contributed by atoms with E-state index in [0.717, 1.165) is 5.56 Å². The minimum atomic E-state index is -0.316. The number of hydrogen-bond donors (Lipinski definition) is 2. The molecule has 0 unspecified atom stereocenters. The van der Waals surface area contributed by atoms with Gasteiger partial charge < -0.3 is 15.1 Å². The summed E-state index contributed by atoms with van der Waals surface area (Å²) in [6.45, 7) is 3.54. The number of carbonyl (C=O) groups is 2. The summed E-state index contributed by atoms with van der Waals surface area (Å²) in [6.07, 6.45) is 3.47. The summed E-state index contributed by atoms with van der Waals surface area (Å²) in [4.78, 5) is 25.0. The lowest BCUT2D eigenvalue weighted by Crippen LogP contribution is -2.38. The highest BCUT2D eigenvalue weighted by Crippen LogP contribution is 2.18. The smallest absolute Gasteiger partial charge is 0.255 e. The largest absolute Gasteiger partial charge is 0.469 e. The molecule has 0 aliphatic heterocycles. The fourth-order valence-electron chi connectivity index (χ4n) is 2.14. The highest BCUT2D eigenvalue weighted by atomic mass is 32.2. The Morgan fingerprint density at radius 2 is 1.91 bits per heavy atom. The fourth-order valence-corrected chi connectivity index (χ4v) is 2.55. The Kier molecular flexibility index (Phi) is 5.87. The molecule has 23 heavy (non-hydrogen) atoms. The van der Waals surface area contributed by atoms with Crippen LogP contribution in [0.25, 0.3) is 0 Å². The van der Waals surface area contributed by atoms with Gasteiger partial charge in [-0.05, 0) is 43.9 Å². The maximum absolute atomic E-state index is 12.0. The van der Waals surface area contributed by atoms with E-state index in [9.17, 15) is 9.59 Å². The van der Waals surface area contributed by atoms with E-state index < -0.39 is 0 Å². The van der Waals surface area contributed by atoms with Crippen LogP contribution in [-0.2, 0) is 4.79 Å². The molecule has 2 N–H and O–H groups in total. The molecule has 122 valence electrons. The van der Waals surface area contributed by atoms with Crippen molar-refractivity contribution in [3.8, 4) is 0 Å². The van der Waals surface area contributed by atoms with Crippen LogP contribution in [0.15, 0.2) is 45.9 Å². The van der Waals surface area contributed by atoms with Gasteiger partial charge in [-0.3, -0.25) is 9.59 Å². The Morgan fingerprint density at radius 1 is 1.22 bits per heavy atom. The van der Waals surface area contributed by atoms with E-state index in [0.29, 0.717) is 11.3 Å². The predicted octanol–water partition coefficient (Wildman–Crippen LogP) is 2.92. The molecule has 1 aromatic heterocycles.